The highest BCUT2D eigenvalue weighted by molar-refractivity contribution is 7.47. The first-order valence-corrected chi connectivity index (χ1v) is 35.8. The molecule has 9 nitrogen and oxygen atoms in total. The number of allylic oxidation sites excluding steroid dienone is 5. The molecular weight excluding hydrogens is 1000 g/mol. The Morgan fingerprint density at radius 2 is 0.772 bits per heavy atom. The summed E-state index contributed by atoms with van der Waals surface area (Å²) in [5, 5.41) is 3.07. The molecule has 0 aliphatic heterocycles. The van der Waals surface area contributed by atoms with Gasteiger partial charge in [0.25, 0.3) is 0 Å². The Balaban J connectivity index is 5.12. The number of hydrogen-bond donors (Lipinski definition) is 2. The minimum atomic E-state index is -4.45. The van der Waals surface area contributed by atoms with Crippen LogP contribution in [-0.2, 0) is 27.9 Å². The number of likely N-dealkylation sites (N-methyl/N-ethyl adjacent to an activating group) is 1. The van der Waals surface area contributed by atoms with Crippen molar-refractivity contribution in [1.82, 2.24) is 5.32 Å². The largest absolute Gasteiger partial charge is 0.472 e. The lowest BCUT2D eigenvalue weighted by molar-refractivity contribution is -0.870. The van der Waals surface area contributed by atoms with Gasteiger partial charge in [-0.15, -0.1) is 0 Å². The summed E-state index contributed by atoms with van der Waals surface area (Å²) in [6, 6.07) is -0.849. The summed E-state index contributed by atoms with van der Waals surface area (Å²) in [7, 11) is 1.51. The molecule has 0 aromatic carbocycles. The third-order valence-electron chi connectivity index (χ3n) is 15.6. The Morgan fingerprint density at radius 1 is 0.443 bits per heavy atom. The zero-order valence-electron chi connectivity index (χ0n) is 53.4. The van der Waals surface area contributed by atoms with Gasteiger partial charge in [0.1, 0.15) is 19.3 Å². The van der Waals surface area contributed by atoms with Crippen LogP contribution in [0.1, 0.15) is 342 Å². The molecule has 0 bridgehead atoms. The molecule has 10 heteroatoms. The summed E-state index contributed by atoms with van der Waals surface area (Å²) in [6.45, 7) is 7.04. The SMILES string of the molecule is CCCCC/C=C\C/C=C\CCCCCCCCCC(=O)NC(COP(=O)(O)OCC[N+](C)(C)C)C(/C=C\CCCCCCCCCCCCC)OC(=O)CCCCCCCCCCCCCCCCCCCCCCCCC. The molecule has 0 spiro atoms. The van der Waals surface area contributed by atoms with Gasteiger partial charge in [0, 0.05) is 12.8 Å². The maximum absolute atomic E-state index is 13.6. The summed E-state index contributed by atoms with van der Waals surface area (Å²) >= 11 is 0. The zero-order valence-corrected chi connectivity index (χ0v) is 54.3. The van der Waals surface area contributed by atoms with Crippen LogP contribution < -0.4 is 5.32 Å². The van der Waals surface area contributed by atoms with Crippen LogP contribution >= 0.6 is 7.82 Å². The standard InChI is InChI=1S/C69H133N2O7P/c1-7-10-13-16-19-22-25-28-30-32-33-34-35-36-37-39-41-44-47-50-53-56-59-62-69(73)78-67(60-57-54-51-48-45-42-27-24-21-18-15-12-9-3)66(65-77-79(74,75)76-64-63-71(4,5)6)70-68(72)61-58-55-52-49-46-43-40-38-31-29-26-23-20-17-14-11-8-2/h20,23,29,31,57,60,66-67H,7-19,21-22,24-28,30,32-56,58-59,61-65H2,1-6H3,(H-,70,72,74,75)/p+1/b23-20-,31-29-,60-57-. The number of nitrogens with zero attached hydrogens (tertiary/aromatic N) is 1. The number of unbranched alkanes of at least 4 members (excludes halogenated alkanes) is 43. The second-order valence-electron chi connectivity index (χ2n) is 24.7. The van der Waals surface area contributed by atoms with E-state index in [1.807, 2.05) is 33.3 Å². The molecule has 0 aromatic rings. The molecule has 0 rings (SSSR count). The normalized spacial score (nSPS) is 13.8. The Morgan fingerprint density at radius 3 is 1.16 bits per heavy atom. The van der Waals surface area contributed by atoms with E-state index in [2.05, 4.69) is 50.4 Å². The van der Waals surface area contributed by atoms with Crippen molar-refractivity contribution in [3.63, 3.8) is 0 Å². The van der Waals surface area contributed by atoms with Crippen molar-refractivity contribution in [3.05, 3.63) is 36.5 Å². The van der Waals surface area contributed by atoms with Crippen molar-refractivity contribution in [2.24, 2.45) is 0 Å². The molecular formula is C69H134N2O7P+. The van der Waals surface area contributed by atoms with Gasteiger partial charge in [0.05, 0.1) is 33.8 Å². The Hall–Kier alpha value is -1.77. The van der Waals surface area contributed by atoms with Crippen molar-refractivity contribution in [1.29, 1.82) is 0 Å². The van der Waals surface area contributed by atoms with Crippen molar-refractivity contribution in [2.75, 3.05) is 40.9 Å². The van der Waals surface area contributed by atoms with E-state index in [4.69, 9.17) is 13.8 Å². The van der Waals surface area contributed by atoms with Gasteiger partial charge in [-0.05, 0) is 63.9 Å². The van der Waals surface area contributed by atoms with Crippen molar-refractivity contribution in [2.45, 2.75) is 354 Å². The minimum absolute atomic E-state index is 0.0410. The Kier molecular flexibility index (Phi) is 58.1. The first-order chi connectivity index (χ1) is 38.4. The molecule has 0 aliphatic rings. The molecule has 0 saturated carbocycles. The number of quaternary nitrogens is 1. The lowest BCUT2D eigenvalue weighted by Crippen LogP contribution is -2.47. The maximum Gasteiger partial charge on any atom is 0.472 e. The average Bonchev–Trinajstić information content (AvgIpc) is 3.41. The van der Waals surface area contributed by atoms with Crippen LogP contribution in [0.2, 0.25) is 0 Å². The molecule has 3 unspecified atom stereocenters. The van der Waals surface area contributed by atoms with Crippen LogP contribution in [0.25, 0.3) is 0 Å². The number of phosphoric acid groups is 1. The first-order valence-electron chi connectivity index (χ1n) is 34.3. The van der Waals surface area contributed by atoms with Gasteiger partial charge >= 0.3 is 13.8 Å². The number of hydrogen-bond acceptors (Lipinski definition) is 6. The van der Waals surface area contributed by atoms with E-state index in [0.29, 0.717) is 23.9 Å². The van der Waals surface area contributed by atoms with Crippen LogP contribution in [0.15, 0.2) is 36.5 Å². The number of rotatable bonds is 63. The third kappa shape index (κ3) is 60.6. The fraction of sp³-hybridized carbons (Fsp3) is 0.884. The van der Waals surface area contributed by atoms with E-state index in [0.717, 1.165) is 77.0 Å². The second kappa shape index (κ2) is 59.4. The number of nitrogens with one attached hydrogen (secondary N) is 1. The zero-order chi connectivity index (χ0) is 57.9. The number of phosphoric ester groups is 1. The van der Waals surface area contributed by atoms with Crippen LogP contribution in [0, 0.1) is 0 Å². The molecule has 2 N–H and O–H groups in total. The topological polar surface area (TPSA) is 111 Å². The summed E-state index contributed by atoms with van der Waals surface area (Å²) in [5.41, 5.74) is 0. The predicted molar refractivity (Wildman–Crippen MR) is 342 cm³/mol. The number of amides is 1. The minimum Gasteiger partial charge on any atom is -0.456 e. The van der Waals surface area contributed by atoms with Gasteiger partial charge in [0.2, 0.25) is 5.91 Å². The molecule has 0 aromatic heterocycles. The predicted octanol–water partition coefficient (Wildman–Crippen LogP) is 21.5. The summed E-state index contributed by atoms with van der Waals surface area (Å²) < 4.78 is 30.8. The fourth-order valence-electron chi connectivity index (χ4n) is 10.3. The monoisotopic (exact) mass is 1130 g/mol. The highest BCUT2D eigenvalue weighted by atomic mass is 31.2. The van der Waals surface area contributed by atoms with E-state index in [9.17, 15) is 19.0 Å². The smallest absolute Gasteiger partial charge is 0.456 e. The number of ether oxygens (including phenoxy) is 1. The molecule has 1 amide bonds. The highest BCUT2D eigenvalue weighted by Crippen LogP contribution is 2.43. The number of carbonyl (C=O) groups excluding carboxylic acids is 2. The van der Waals surface area contributed by atoms with Gasteiger partial charge in [-0.1, -0.05) is 302 Å². The third-order valence-corrected chi connectivity index (χ3v) is 16.6. The molecule has 3 atom stereocenters. The maximum atomic E-state index is 13.6. The molecule has 79 heavy (non-hydrogen) atoms. The van der Waals surface area contributed by atoms with E-state index in [1.54, 1.807) is 0 Å². The molecule has 0 heterocycles. The number of carbonyl (C=O) groups is 2. The molecule has 466 valence electrons. The lowest BCUT2D eigenvalue weighted by atomic mass is 10.0. The van der Waals surface area contributed by atoms with E-state index >= 15 is 0 Å². The number of esters is 1. The summed E-state index contributed by atoms with van der Waals surface area (Å²) in [5.74, 6) is -0.496. The van der Waals surface area contributed by atoms with Crippen LogP contribution in [0.3, 0.4) is 0 Å². The van der Waals surface area contributed by atoms with Gasteiger partial charge in [0.15, 0.2) is 0 Å². The fourth-order valence-corrected chi connectivity index (χ4v) is 11.0. The summed E-state index contributed by atoms with van der Waals surface area (Å²) in [4.78, 5) is 37.8. The van der Waals surface area contributed by atoms with E-state index < -0.39 is 20.0 Å². The molecule has 0 radical (unpaired) electrons. The van der Waals surface area contributed by atoms with E-state index in [-0.39, 0.29) is 25.1 Å². The first kappa shape index (κ1) is 77.2. The van der Waals surface area contributed by atoms with Crippen LogP contribution in [-0.4, -0.2) is 74.3 Å². The van der Waals surface area contributed by atoms with Crippen molar-refractivity contribution < 1.29 is 37.3 Å². The van der Waals surface area contributed by atoms with E-state index in [1.165, 1.54) is 231 Å². The molecule has 0 fully saturated rings. The van der Waals surface area contributed by atoms with Gasteiger partial charge < -0.3 is 19.4 Å². The van der Waals surface area contributed by atoms with Crippen LogP contribution in [0.4, 0.5) is 0 Å². The highest BCUT2D eigenvalue weighted by Gasteiger charge is 2.30. The van der Waals surface area contributed by atoms with Gasteiger partial charge in [-0.2, -0.15) is 0 Å². The molecule has 0 saturated heterocycles. The van der Waals surface area contributed by atoms with Crippen molar-refractivity contribution >= 4 is 19.7 Å². The van der Waals surface area contributed by atoms with Gasteiger partial charge in [-0.25, -0.2) is 4.57 Å². The summed E-state index contributed by atoms with van der Waals surface area (Å²) in [6.07, 6.45) is 72.9. The van der Waals surface area contributed by atoms with Crippen LogP contribution in [0.5, 0.6) is 0 Å². The second-order valence-corrected chi connectivity index (χ2v) is 26.2. The Bertz CT molecular complexity index is 1450. The molecule has 0 aliphatic carbocycles. The quantitative estimate of drug-likeness (QED) is 0.0205. The van der Waals surface area contributed by atoms with Gasteiger partial charge in [-0.3, -0.25) is 18.6 Å². The average molecular weight is 1130 g/mol. The Labute approximate surface area is 491 Å². The van der Waals surface area contributed by atoms with Crippen molar-refractivity contribution in [3.8, 4) is 0 Å². The lowest BCUT2D eigenvalue weighted by Gasteiger charge is -2.27.